The Hall–Kier alpha value is -1.55. The molecule has 4 nitrogen and oxygen atoms in total. The monoisotopic (exact) mass is 194 g/mol. The molecule has 0 aromatic heterocycles. The first-order chi connectivity index (χ1) is 6.70. The molecule has 0 spiro atoms. The van der Waals surface area contributed by atoms with Crippen LogP contribution in [0.5, 0.6) is 5.75 Å². The fourth-order valence-electron chi connectivity index (χ4n) is 1.24. The lowest BCUT2D eigenvalue weighted by Crippen LogP contribution is -2.20. The number of nitrogens with two attached hydrogens (primary N) is 1. The smallest absolute Gasteiger partial charge is 0.254 e. The molecule has 0 saturated heterocycles. The molecule has 76 valence electrons. The summed E-state index contributed by atoms with van der Waals surface area (Å²) in [6, 6.07) is 5.39. The third-order valence-electron chi connectivity index (χ3n) is 1.91. The predicted octanol–water partition coefficient (Wildman–Crippen LogP) is 0.650. The van der Waals surface area contributed by atoms with Crippen molar-refractivity contribution in [2.45, 2.75) is 6.92 Å². The molecule has 1 rings (SSSR count). The van der Waals surface area contributed by atoms with Gasteiger partial charge in [0.1, 0.15) is 12.5 Å². The molecule has 1 aromatic rings. The fourth-order valence-corrected chi connectivity index (χ4v) is 1.24. The average molecular weight is 194 g/mol. The molecule has 1 aromatic carbocycles. The van der Waals surface area contributed by atoms with Crippen molar-refractivity contribution in [2.75, 3.05) is 13.8 Å². The molecule has 4 heteroatoms. The van der Waals surface area contributed by atoms with E-state index in [0.29, 0.717) is 11.3 Å². The minimum absolute atomic E-state index is 0.0643. The van der Waals surface area contributed by atoms with E-state index in [1.807, 2.05) is 19.1 Å². The van der Waals surface area contributed by atoms with Crippen LogP contribution in [0, 0.1) is 6.92 Å². The van der Waals surface area contributed by atoms with Crippen molar-refractivity contribution < 1.29 is 9.53 Å². The topological polar surface area (TPSA) is 64.3 Å². The molecule has 0 unspecified atom stereocenters. The number of hydrogen-bond donors (Lipinski definition) is 2. The van der Waals surface area contributed by atoms with Gasteiger partial charge in [0, 0.05) is 7.05 Å². The lowest BCUT2D eigenvalue weighted by molar-refractivity contribution is 0.0959. The van der Waals surface area contributed by atoms with Crippen molar-refractivity contribution in [3.8, 4) is 5.75 Å². The third-order valence-corrected chi connectivity index (χ3v) is 1.91. The highest BCUT2D eigenvalue weighted by molar-refractivity contribution is 5.97. The SMILES string of the molecule is CNC(=O)c1cccc(C)c1OCN. The minimum Gasteiger partial charge on any atom is -0.477 e. The lowest BCUT2D eigenvalue weighted by Gasteiger charge is -2.11. The zero-order valence-corrected chi connectivity index (χ0v) is 8.33. The molecule has 1 amide bonds. The molecule has 0 aliphatic carbocycles. The zero-order valence-electron chi connectivity index (χ0n) is 8.33. The van der Waals surface area contributed by atoms with Crippen LogP contribution in [0.3, 0.4) is 0 Å². The summed E-state index contributed by atoms with van der Waals surface area (Å²) in [7, 11) is 1.58. The Morgan fingerprint density at radius 1 is 1.57 bits per heavy atom. The van der Waals surface area contributed by atoms with Crippen molar-refractivity contribution in [1.82, 2.24) is 5.32 Å². The van der Waals surface area contributed by atoms with E-state index in [1.54, 1.807) is 13.1 Å². The molecule has 0 fully saturated rings. The number of amides is 1. The van der Waals surface area contributed by atoms with Crippen molar-refractivity contribution in [3.63, 3.8) is 0 Å². The average Bonchev–Trinajstić information content (AvgIpc) is 2.20. The van der Waals surface area contributed by atoms with Gasteiger partial charge >= 0.3 is 0 Å². The van der Waals surface area contributed by atoms with Crippen LogP contribution in [0.2, 0.25) is 0 Å². The van der Waals surface area contributed by atoms with E-state index in [0.717, 1.165) is 5.56 Å². The Balaban J connectivity index is 3.13. The van der Waals surface area contributed by atoms with Crippen LogP contribution in [0.4, 0.5) is 0 Å². The maximum atomic E-state index is 11.4. The maximum Gasteiger partial charge on any atom is 0.254 e. The van der Waals surface area contributed by atoms with Crippen molar-refractivity contribution in [2.24, 2.45) is 5.73 Å². The van der Waals surface area contributed by atoms with Gasteiger partial charge in [-0.05, 0) is 18.6 Å². The Morgan fingerprint density at radius 3 is 2.86 bits per heavy atom. The Morgan fingerprint density at radius 2 is 2.29 bits per heavy atom. The molecule has 0 aliphatic heterocycles. The van der Waals surface area contributed by atoms with Crippen LogP contribution >= 0.6 is 0 Å². The van der Waals surface area contributed by atoms with E-state index in [4.69, 9.17) is 10.5 Å². The van der Waals surface area contributed by atoms with E-state index >= 15 is 0 Å². The second kappa shape index (κ2) is 4.62. The van der Waals surface area contributed by atoms with Gasteiger partial charge in [-0.1, -0.05) is 12.1 Å². The molecule has 0 aliphatic rings. The van der Waals surface area contributed by atoms with Gasteiger partial charge in [-0.2, -0.15) is 0 Å². The van der Waals surface area contributed by atoms with Gasteiger partial charge in [0.2, 0.25) is 0 Å². The highest BCUT2D eigenvalue weighted by Crippen LogP contribution is 2.22. The van der Waals surface area contributed by atoms with E-state index in [1.165, 1.54) is 0 Å². The summed E-state index contributed by atoms with van der Waals surface area (Å²) in [4.78, 5) is 11.4. The van der Waals surface area contributed by atoms with E-state index in [2.05, 4.69) is 5.32 Å². The van der Waals surface area contributed by atoms with Crippen molar-refractivity contribution >= 4 is 5.91 Å². The highest BCUT2D eigenvalue weighted by Gasteiger charge is 2.12. The van der Waals surface area contributed by atoms with Crippen molar-refractivity contribution in [3.05, 3.63) is 29.3 Å². The number of rotatable bonds is 3. The van der Waals surface area contributed by atoms with Gasteiger partial charge in [-0.25, -0.2) is 0 Å². The summed E-state index contributed by atoms with van der Waals surface area (Å²) in [5.41, 5.74) is 6.70. The summed E-state index contributed by atoms with van der Waals surface area (Å²) in [5.74, 6) is 0.381. The number of benzene rings is 1. The normalized spacial score (nSPS) is 9.64. The zero-order chi connectivity index (χ0) is 10.6. The summed E-state index contributed by atoms with van der Waals surface area (Å²) >= 11 is 0. The number of hydrogen-bond acceptors (Lipinski definition) is 3. The van der Waals surface area contributed by atoms with Gasteiger partial charge in [0.05, 0.1) is 5.56 Å². The van der Waals surface area contributed by atoms with Crippen molar-refractivity contribution in [1.29, 1.82) is 0 Å². The predicted molar refractivity (Wildman–Crippen MR) is 54.3 cm³/mol. The molecule has 0 saturated carbocycles. The van der Waals surface area contributed by atoms with E-state index < -0.39 is 0 Å². The molecule has 14 heavy (non-hydrogen) atoms. The number of ether oxygens (including phenoxy) is 1. The molecular formula is C10H14N2O2. The lowest BCUT2D eigenvalue weighted by atomic mass is 10.1. The summed E-state index contributed by atoms with van der Waals surface area (Å²) in [5, 5.41) is 2.55. The number of carbonyl (C=O) groups excluding carboxylic acids is 1. The molecule has 0 radical (unpaired) electrons. The van der Waals surface area contributed by atoms with Crippen LogP contribution in [-0.2, 0) is 0 Å². The van der Waals surface area contributed by atoms with E-state index in [9.17, 15) is 4.79 Å². The van der Waals surface area contributed by atoms with E-state index in [-0.39, 0.29) is 12.6 Å². The van der Waals surface area contributed by atoms with Crippen LogP contribution < -0.4 is 15.8 Å². The van der Waals surface area contributed by atoms with Crippen LogP contribution in [0.25, 0.3) is 0 Å². The second-order valence-electron chi connectivity index (χ2n) is 2.84. The Kier molecular flexibility index (Phi) is 3.48. The van der Waals surface area contributed by atoms with Crippen LogP contribution in [0.15, 0.2) is 18.2 Å². The fraction of sp³-hybridized carbons (Fsp3) is 0.300. The van der Waals surface area contributed by atoms with Gasteiger partial charge in [-0.3, -0.25) is 10.5 Å². The summed E-state index contributed by atoms with van der Waals surface area (Å²) in [6.07, 6.45) is 0. The number of carbonyl (C=O) groups is 1. The standard InChI is InChI=1S/C10H14N2O2/c1-7-4-3-5-8(10(13)12-2)9(7)14-6-11/h3-5H,6,11H2,1-2H3,(H,12,13). The van der Waals surface area contributed by atoms with Gasteiger partial charge in [0.25, 0.3) is 5.91 Å². The number of para-hydroxylation sites is 1. The molecule has 0 heterocycles. The number of aryl methyl sites for hydroxylation is 1. The highest BCUT2D eigenvalue weighted by atomic mass is 16.5. The maximum absolute atomic E-state index is 11.4. The molecule has 3 N–H and O–H groups in total. The molecule has 0 atom stereocenters. The first-order valence-electron chi connectivity index (χ1n) is 4.35. The quantitative estimate of drug-likeness (QED) is 0.694. The minimum atomic E-state index is -0.169. The molecule has 0 bridgehead atoms. The van der Waals surface area contributed by atoms with Gasteiger partial charge in [-0.15, -0.1) is 0 Å². The Labute approximate surface area is 83.1 Å². The Bertz CT molecular complexity index is 337. The largest absolute Gasteiger partial charge is 0.477 e. The van der Waals surface area contributed by atoms with Crippen LogP contribution in [0.1, 0.15) is 15.9 Å². The third kappa shape index (κ3) is 2.03. The van der Waals surface area contributed by atoms with Gasteiger partial charge < -0.3 is 10.1 Å². The first-order valence-corrected chi connectivity index (χ1v) is 4.35. The molecular weight excluding hydrogens is 180 g/mol. The van der Waals surface area contributed by atoms with Crippen LogP contribution in [-0.4, -0.2) is 19.7 Å². The van der Waals surface area contributed by atoms with Gasteiger partial charge in [0.15, 0.2) is 0 Å². The summed E-state index contributed by atoms with van der Waals surface area (Å²) < 4.78 is 5.21. The summed E-state index contributed by atoms with van der Waals surface area (Å²) in [6.45, 7) is 1.94. The first kappa shape index (κ1) is 10.5. The second-order valence-corrected chi connectivity index (χ2v) is 2.84. The number of nitrogens with one attached hydrogen (secondary N) is 1.